The Bertz CT molecular complexity index is 714. The highest BCUT2D eigenvalue weighted by Gasteiger charge is 2.20. The van der Waals surface area contributed by atoms with Gasteiger partial charge in [0.2, 0.25) is 5.91 Å². The number of rotatable bonds is 6. The van der Waals surface area contributed by atoms with E-state index in [1.165, 1.54) is 6.07 Å². The van der Waals surface area contributed by atoms with Crippen LogP contribution in [0.4, 0.5) is 4.39 Å². The summed E-state index contributed by atoms with van der Waals surface area (Å²) in [5.74, 6) is -0.134. The molecule has 26 heavy (non-hydrogen) atoms. The van der Waals surface area contributed by atoms with Crippen LogP contribution in [0.15, 0.2) is 54.6 Å². The van der Waals surface area contributed by atoms with Crippen molar-refractivity contribution in [3.63, 3.8) is 0 Å². The summed E-state index contributed by atoms with van der Waals surface area (Å²) in [7, 11) is 0. The van der Waals surface area contributed by atoms with Gasteiger partial charge in [-0.2, -0.15) is 0 Å². The van der Waals surface area contributed by atoms with Crippen molar-refractivity contribution >= 4 is 5.91 Å². The molecule has 0 unspecified atom stereocenters. The lowest BCUT2D eigenvalue weighted by Gasteiger charge is -2.34. The van der Waals surface area contributed by atoms with Crippen molar-refractivity contribution in [1.82, 2.24) is 15.1 Å². The molecule has 0 saturated carbocycles. The zero-order chi connectivity index (χ0) is 18.4. The Balaban J connectivity index is 1.41. The van der Waals surface area contributed by atoms with Gasteiger partial charge in [-0.3, -0.25) is 14.6 Å². The molecule has 1 amide bonds. The van der Waals surface area contributed by atoms with Crippen molar-refractivity contribution < 1.29 is 9.18 Å². The van der Waals surface area contributed by atoms with E-state index in [0.717, 1.165) is 43.9 Å². The van der Waals surface area contributed by atoms with Crippen LogP contribution in [-0.4, -0.2) is 48.4 Å². The van der Waals surface area contributed by atoms with E-state index in [2.05, 4.69) is 15.1 Å². The molecule has 5 heteroatoms. The molecule has 1 saturated heterocycles. The fourth-order valence-corrected chi connectivity index (χ4v) is 3.31. The number of hydrogen-bond donors (Lipinski definition) is 1. The van der Waals surface area contributed by atoms with Gasteiger partial charge in [-0.15, -0.1) is 0 Å². The number of carbonyl (C=O) groups excluding carboxylic acids is 1. The molecule has 1 heterocycles. The molecule has 0 bridgehead atoms. The number of piperazine rings is 1. The molecule has 3 rings (SSSR count). The number of nitrogens with zero attached hydrogens (tertiary/aromatic N) is 2. The first-order valence-corrected chi connectivity index (χ1v) is 9.13. The Kier molecular flexibility index (Phi) is 6.36. The van der Waals surface area contributed by atoms with Gasteiger partial charge in [0.1, 0.15) is 5.82 Å². The number of benzene rings is 2. The molecule has 1 N–H and O–H groups in total. The fraction of sp³-hybridized carbons (Fsp3) is 0.381. The van der Waals surface area contributed by atoms with E-state index in [1.807, 2.05) is 43.3 Å². The van der Waals surface area contributed by atoms with E-state index in [-0.39, 0.29) is 17.8 Å². The van der Waals surface area contributed by atoms with Crippen LogP contribution in [0.2, 0.25) is 0 Å². The van der Waals surface area contributed by atoms with E-state index in [0.29, 0.717) is 6.54 Å². The molecule has 0 aromatic heterocycles. The first-order chi connectivity index (χ1) is 12.6. The molecule has 1 aliphatic heterocycles. The van der Waals surface area contributed by atoms with Crippen LogP contribution in [0.5, 0.6) is 0 Å². The molecule has 1 atom stereocenters. The van der Waals surface area contributed by atoms with Crippen LogP contribution in [0.25, 0.3) is 0 Å². The molecule has 0 aliphatic carbocycles. The molecular formula is C21H26FN3O. The molecule has 1 aliphatic rings. The van der Waals surface area contributed by atoms with Crippen molar-refractivity contribution in [3.8, 4) is 0 Å². The van der Waals surface area contributed by atoms with E-state index < -0.39 is 0 Å². The zero-order valence-corrected chi connectivity index (χ0v) is 15.2. The van der Waals surface area contributed by atoms with Crippen molar-refractivity contribution in [1.29, 1.82) is 0 Å². The lowest BCUT2D eigenvalue weighted by molar-refractivity contribution is -0.123. The summed E-state index contributed by atoms with van der Waals surface area (Å²) in [5.41, 5.74) is 2.11. The highest BCUT2D eigenvalue weighted by Crippen LogP contribution is 2.12. The summed E-state index contributed by atoms with van der Waals surface area (Å²) < 4.78 is 13.3. The number of carbonyl (C=O) groups is 1. The Hall–Kier alpha value is -2.24. The van der Waals surface area contributed by atoms with Gasteiger partial charge in [-0.1, -0.05) is 42.5 Å². The monoisotopic (exact) mass is 355 g/mol. The number of halogens is 1. The molecule has 2 aromatic carbocycles. The number of amides is 1. The second kappa shape index (κ2) is 8.92. The first kappa shape index (κ1) is 18.5. The molecule has 138 valence electrons. The predicted octanol–water partition coefficient (Wildman–Crippen LogP) is 2.82. The third-order valence-electron chi connectivity index (χ3n) is 4.80. The molecule has 1 fully saturated rings. The third-order valence-corrected chi connectivity index (χ3v) is 4.80. The standard InChI is InChI=1S/C21H26FN3O/c1-17(19-7-3-2-4-8-19)23-21(26)16-25-12-10-24(11-13-25)15-18-6-5-9-20(22)14-18/h2-9,14,17H,10-13,15-16H2,1H3,(H,23,26)/t17-/m1/s1. The maximum atomic E-state index is 13.3. The van der Waals surface area contributed by atoms with E-state index >= 15 is 0 Å². The van der Waals surface area contributed by atoms with Crippen molar-refractivity contribution in [3.05, 3.63) is 71.5 Å². The minimum absolute atomic E-state index is 0.0120. The van der Waals surface area contributed by atoms with Gasteiger partial charge in [0.25, 0.3) is 0 Å². The van der Waals surface area contributed by atoms with Crippen LogP contribution in [0.3, 0.4) is 0 Å². The SMILES string of the molecule is C[C@@H](NC(=O)CN1CCN(Cc2cccc(F)c2)CC1)c1ccccc1. The summed E-state index contributed by atoms with van der Waals surface area (Å²) in [6.45, 7) is 6.65. The predicted molar refractivity (Wildman–Crippen MR) is 101 cm³/mol. The van der Waals surface area contributed by atoms with Crippen LogP contribution < -0.4 is 5.32 Å². The maximum absolute atomic E-state index is 13.3. The third kappa shape index (κ3) is 5.38. The van der Waals surface area contributed by atoms with E-state index in [9.17, 15) is 9.18 Å². The highest BCUT2D eigenvalue weighted by atomic mass is 19.1. The first-order valence-electron chi connectivity index (χ1n) is 9.13. The van der Waals surface area contributed by atoms with Crippen molar-refractivity contribution in [2.45, 2.75) is 19.5 Å². The summed E-state index contributed by atoms with van der Waals surface area (Å²) in [6, 6.07) is 16.8. The van der Waals surface area contributed by atoms with Gasteiger partial charge in [0.15, 0.2) is 0 Å². The van der Waals surface area contributed by atoms with Gasteiger partial charge < -0.3 is 5.32 Å². The van der Waals surface area contributed by atoms with Gasteiger partial charge in [0, 0.05) is 32.7 Å². The average molecular weight is 355 g/mol. The van der Waals surface area contributed by atoms with Crippen LogP contribution in [0.1, 0.15) is 24.1 Å². The van der Waals surface area contributed by atoms with Crippen molar-refractivity contribution in [2.24, 2.45) is 0 Å². The summed E-state index contributed by atoms with van der Waals surface area (Å²) in [6.07, 6.45) is 0. The maximum Gasteiger partial charge on any atom is 0.234 e. The highest BCUT2D eigenvalue weighted by molar-refractivity contribution is 5.78. The Morgan fingerprint density at radius 3 is 2.42 bits per heavy atom. The Morgan fingerprint density at radius 1 is 1.04 bits per heavy atom. The minimum Gasteiger partial charge on any atom is -0.348 e. The Labute approximate surface area is 154 Å². The van der Waals surface area contributed by atoms with Crippen LogP contribution >= 0.6 is 0 Å². The number of hydrogen-bond acceptors (Lipinski definition) is 3. The molecule has 4 nitrogen and oxygen atoms in total. The van der Waals surface area contributed by atoms with Gasteiger partial charge in [0.05, 0.1) is 12.6 Å². The molecule has 2 aromatic rings. The summed E-state index contributed by atoms with van der Waals surface area (Å²) in [4.78, 5) is 16.8. The molecule has 0 radical (unpaired) electrons. The topological polar surface area (TPSA) is 35.6 Å². The largest absolute Gasteiger partial charge is 0.348 e. The smallest absolute Gasteiger partial charge is 0.234 e. The average Bonchev–Trinajstić information content (AvgIpc) is 2.64. The second-order valence-corrected chi connectivity index (χ2v) is 6.88. The van der Waals surface area contributed by atoms with Crippen LogP contribution in [-0.2, 0) is 11.3 Å². The Morgan fingerprint density at radius 2 is 1.73 bits per heavy atom. The lowest BCUT2D eigenvalue weighted by Crippen LogP contribution is -2.49. The summed E-state index contributed by atoms with van der Waals surface area (Å²) >= 11 is 0. The lowest BCUT2D eigenvalue weighted by atomic mass is 10.1. The molecular weight excluding hydrogens is 329 g/mol. The second-order valence-electron chi connectivity index (χ2n) is 6.88. The fourth-order valence-electron chi connectivity index (χ4n) is 3.31. The van der Waals surface area contributed by atoms with Crippen molar-refractivity contribution in [2.75, 3.05) is 32.7 Å². The number of nitrogens with one attached hydrogen (secondary N) is 1. The summed E-state index contributed by atoms with van der Waals surface area (Å²) in [5, 5.41) is 3.06. The van der Waals surface area contributed by atoms with Gasteiger partial charge in [-0.05, 0) is 30.2 Å². The van der Waals surface area contributed by atoms with Gasteiger partial charge in [-0.25, -0.2) is 4.39 Å². The van der Waals surface area contributed by atoms with Gasteiger partial charge >= 0.3 is 0 Å². The van der Waals surface area contributed by atoms with E-state index in [1.54, 1.807) is 12.1 Å². The van der Waals surface area contributed by atoms with E-state index in [4.69, 9.17) is 0 Å². The zero-order valence-electron chi connectivity index (χ0n) is 15.2. The normalized spacial score (nSPS) is 17.0. The minimum atomic E-state index is -0.189. The quantitative estimate of drug-likeness (QED) is 0.866. The molecule has 0 spiro atoms. The van der Waals surface area contributed by atoms with Crippen LogP contribution in [0, 0.1) is 5.82 Å².